The topological polar surface area (TPSA) is 52.9 Å². The number of nitrogens with zero attached hydrogens (tertiary/aromatic N) is 1. The molecular formula is C16H16N2OS. The van der Waals surface area contributed by atoms with E-state index in [1.807, 2.05) is 36.6 Å². The summed E-state index contributed by atoms with van der Waals surface area (Å²) in [5.74, 6) is 0.0512. The largest absolute Gasteiger partial charge is 0.349 e. The van der Waals surface area contributed by atoms with Gasteiger partial charge >= 0.3 is 0 Å². The third-order valence-electron chi connectivity index (χ3n) is 3.07. The molecule has 3 nitrogen and oxygen atoms in total. The van der Waals surface area contributed by atoms with E-state index in [-0.39, 0.29) is 11.9 Å². The van der Waals surface area contributed by atoms with E-state index in [0.29, 0.717) is 18.4 Å². The van der Waals surface area contributed by atoms with Crippen LogP contribution < -0.4 is 5.32 Å². The highest BCUT2D eigenvalue weighted by molar-refractivity contribution is 7.10. The van der Waals surface area contributed by atoms with E-state index >= 15 is 0 Å². The molecule has 0 fully saturated rings. The number of nitriles is 1. The Morgan fingerprint density at radius 2 is 2.10 bits per heavy atom. The van der Waals surface area contributed by atoms with Crippen molar-refractivity contribution in [3.05, 3.63) is 57.8 Å². The Labute approximate surface area is 122 Å². The summed E-state index contributed by atoms with van der Waals surface area (Å²) in [6.07, 6.45) is 1.15. The fourth-order valence-electron chi connectivity index (χ4n) is 1.93. The van der Waals surface area contributed by atoms with Gasteiger partial charge in [0.25, 0.3) is 0 Å². The van der Waals surface area contributed by atoms with Gasteiger partial charge in [0, 0.05) is 11.3 Å². The predicted molar refractivity (Wildman–Crippen MR) is 80.4 cm³/mol. The summed E-state index contributed by atoms with van der Waals surface area (Å²) >= 11 is 1.65. The zero-order chi connectivity index (χ0) is 14.4. The maximum Gasteiger partial charge on any atom is 0.220 e. The minimum Gasteiger partial charge on any atom is -0.349 e. The van der Waals surface area contributed by atoms with Crippen molar-refractivity contribution in [3.63, 3.8) is 0 Å². The lowest BCUT2D eigenvalue weighted by atomic mass is 10.1. The van der Waals surface area contributed by atoms with Gasteiger partial charge in [-0.3, -0.25) is 4.79 Å². The summed E-state index contributed by atoms with van der Waals surface area (Å²) in [5.41, 5.74) is 1.72. The number of hydrogen-bond acceptors (Lipinski definition) is 3. The molecule has 0 bridgehead atoms. The van der Waals surface area contributed by atoms with E-state index in [4.69, 9.17) is 5.26 Å². The maximum atomic E-state index is 11.9. The van der Waals surface area contributed by atoms with Crippen molar-refractivity contribution in [1.82, 2.24) is 5.32 Å². The van der Waals surface area contributed by atoms with Gasteiger partial charge in [0.15, 0.2) is 0 Å². The number of aryl methyl sites for hydroxylation is 1. The maximum absolute atomic E-state index is 11.9. The lowest BCUT2D eigenvalue weighted by Gasteiger charge is -2.12. The number of thiophene rings is 1. The van der Waals surface area contributed by atoms with Crippen LogP contribution >= 0.6 is 11.3 Å². The monoisotopic (exact) mass is 284 g/mol. The van der Waals surface area contributed by atoms with E-state index in [0.717, 1.165) is 10.4 Å². The lowest BCUT2D eigenvalue weighted by molar-refractivity contribution is -0.121. The number of benzene rings is 1. The quantitative estimate of drug-likeness (QED) is 0.914. The normalized spacial score (nSPS) is 11.6. The van der Waals surface area contributed by atoms with Crippen LogP contribution in [0.1, 0.15) is 35.4 Å². The van der Waals surface area contributed by atoms with Crippen molar-refractivity contribution >= 4 is 17.2 Å². The molecule has 1 heterocycles. The fourth-order valence-corrected chi connectivity index (χ4v) is 2.66. The molecule has 102 valence electrons. The zero-order valence-electron chi connectivity index (χ0n) is 11.3. The minimum atomic E-state index is 0.0512. The van der Waals surface area contributed by atoms with Crippen molar-refractivity contribution in [2.75, 3.05) is 0 Å². The van der Waals surface area contributed by atoms with Crippen LogP contribution in [0.4, 0.5) is 0 Å². The molecule has 1 aromatic heterocycles. The van der Waals surface area contributed by atoms with Crippen LogP contribution in [0.25, 0.3) is 0 Å². The second-order valence-corrected chi connectivity index (χ2v) is 5.59. The lowest BCUT2D eigenvalue weighted by Crippen LogP contribution is -2.26. The molecule has 1 atom stereocenters. The van der Waals surface area contributed by atoms with Crippen LogP contribution in [0.3, 0.4) is 0 Å². The van der Waals surface area contributed by atoms with Crippen LogP contribution in [-0.2, 0) is 11.2 Å². The second kappa shape index (κ2) is 6.88. The van der Waals surface area contributed by atoms with Gasteiger partial charge < -0.3 is 5.32 Å². The van der Waals surface area contributed by atoms with Crippen molar-refractivity contribution < 1.29 is 4.79 Å². The molecule has 0 aliphatic heterocycles. The Kier molecular flexibility index (Phi) is 4.91. The van der Waals surface area contributed by atoms with Crippen molar-refractivity contribution in [2.24, 2.45) is 0 Å². The number of hydrogen-bond donors (Lipinski definition) is 1. The third-order valence-corrected chi connectivity index (χ3v) is 4.13. The first kappa shape index (κ1) is 14.3. The molecule has 2 aromatic rings. The van der Waals surface area contributed by atoms with Crippen LogP contribution in [-0.4, -0.2) is 5.91 Å². The molecule has 0 aliphatic carbocycles. The van der Waals surface area contributed by atoms with Gasteiger partial charge in [-0.25, -0.2) is 0 Å². The second-order valence-electron chi connectivity index (χ2n) is 4.61. The van der Waals surface area contributed by atoms with Gasteiger partial charge in [-0.05, 0) is 42.5 Å². The number of carbonyl (C=O) groups is 1. The third kappa shape index (κ3) is 3.94. The Balaban J connectivity index is 1.81. The molecule has 2 rings (SSSR count). The number of rotatable bonds is 5. The molecule has 1 aromatic carbocycles. The highest BCUT2D eigenvalue weighted by atomic mass is 32.1. The zero-order valence-corrected chi connectivity index (χ0v) is 12.1. The minimum absolute atomic E-state index is 0.0512. The SMILES string of the molecule is CC(NC(=O)CCc1ccc(C#N)cc1)c1cccs1. The molecule has 0 aliphatic rings. The molecule has 1 unspecified atom stereocenters. The smallest absolute Gasteiger partial charge is 0.220 e. The summed E-state index contributed by atoms with van der Waals surface area (Å²) in [6, 6.07) is 13.5. The van der Waals surface area contributed by atoms with Gasteiger partial charge in [0.05, 0.1) is 17.7 Å². The van der Waals surface area contributed by atoms with E-state index in [9.17, 15) is 4.79 Å². The summed E-state index contributed by atoms with van der Waals surface area (Å²) in [5, 5.41) is 13.7. The molecular weight excluding hydrogens is 268 g/mol. The molecule has 4 heteroatoms. The van der Waals surface area contributed by atoms with Crippen molar-refractivity contribution in [2.45, 2.75) is 25.8 Å². The van der Waals surface area contributed by atoms with Gasteiger partial charge in [0.1, 0.15) is 0 Å². The summed E-state index contributed by atoms with van der Waals surface area (Å²) in [6.45, 7) is 1.99. The first-order valence-corrected chi connectivity index (χ1v) is 7.39. The molecule has 0 spiro atoms. The molecule has 1 amide bonds. The van der Waals surface area contributed by atoms with E-state index in [1.54, 1.807) is 23.5 Å². The Bertz CT molecular complexity index is 596. The van der Waals surface area contributed by atoms with Crippen LogP contribution in [0, 0.1) is 11.3 Å². The predicted octanol–water partition coefficient (Wildman–Crippen LogP) is 3.43. The van der Waals surface area contributed by atoms with Crippen molar-refractivity contribution in [1.29, 1.82) is 5.26 Å². The molecule has 20 heavy (non-hydrogen) atoms. The average Bonchev–Trinajstić information content (AvgIpc) is 3.00. The first-order valence-electron chi connectivity index (χ1n) is 6.51. The fraction of sp³-hybridized carbons (Fsp3) is 0.250. The Morgan fingerprint density at radius 3 is 2.70 bits per heavy atom. The van der Waals surface area contributed by atoms with Gasteiger partial charge in [-0.1, -0.05) is 18.2 Å². The van der Waals surface area contributed by atoms with Crippen LogP contribution in [0.2, 0.25) is 0 Å². The standard InChI is InChI=1S/C16H16N2OS/c1-12(15-3-2-10-20-15)18-16(19)9-8-13-4-6-14(11-17)7-5-13/h2-7,10,12H,8-9H2,1H3,(H,18,19). The Hall–Kier alpha value is -2.12. The van der Waals surface area contributed by atoms with E-state index < -0.39 is 0 Å². The van der Waals surface area contributed by atoms with Crippen LogP contribution in [0.5, 0.6) is 0 Å². The van der Waals surface area contributed by atoms with Crippen molar-refractivity contribution in [3.8, 4) is 6.07 Å². The highest BCUT2D eigenvalue weighted by Crippen LogP contribution is 2.18. The summed E-state index contributed by atoms with van der Waals surface area (Å²) < 4.78 is 0. The molecule has 0 saturated heterocycles. The molecule has 1 N–H and O–H groups in total. The average molecular weight is 284 g/mol. The summed E-state index contributed by atoms with van der Waals surface area (Å²) in [7, 11) is 0. The highest BCUT2D eigenvalue weighted by Gasteiger charge is 2.10. The number of carbonyl (C=O) groups excluding carboxylic acids is 1. The summed E-state index contributed by atoms with van der Waals surface area (Å²) in [4.78, 5) is 13.0. The number of amides is 1. The van der Waals surface area contributed by atoms with Gasteiger partial charge in [-0.15, -0.1) is 11.3 Å². The van der Waals surface area contributed by atoms with Gasteiger partial charge in [-0.2, -0.15) is 5.26 Å². The Morgan fingerprint density at radius 1 is 1.35 bits per heavy atom. The van der Waals surface area contributed by atoms with Gasteiger partial charge in [0.2, 0.25) is 5.91 Å². The first-order chi connectivity index (χ1) is 9.69. The van der Waals surface area contributed by atoms with E-state index in [1.165, 1.54) is 0 Å². The number of nitrogens with one attached hydrogen (secondary N) is 1. The molecule has 0 radical (unpaired) electrons. The van der Waals surface area contributed by atoms with Crippen LogP contribution in [0.15, 0.2) is 41.8 Å². The van der Waals surface area contributed by atoms with E-state index in [2.05, 4.69) is 11.4 Å². The molecule has 0 saturated carbocycles.